The van der Waals surface area contributed by atoms with E-state index in [-0.39, 0.29) is 39.6 Å². The summed E-state index contributed by atoms with van der Waals surface area (Å²) in [6.45, 7) is 0. The molecule has 0 unspecified atom stereocenters. The van der Waals surface area contributed by atoms with E-state index in [0.717, 1.165) is 0 Å². The van der Waals surface area contributed by atoms with Crippen LogP contribution in [0.4, 0.5) is 0 Å². The summed E-state index contributed by atoms with van der Waals surface area (Å²) in [5.41, 5.74) is 5.47. The van der Waals surface area contributed by atoms with Crippen LogP contribution in [0.15, 0.2) is 6.07 Å². The number of nitrogens with zero attached hydrogens (tertiary/aromatic N) is 2. The van der Waals surface area contributed by atoms with E-state index < -0.39 is 0 Å². The van der Waals surface area contributed by atoms with Crippen molar-refractivity contribution < 1.29 is 9.59 Å². The van der Waals surface area contributed by atoms with Gasteiger partial charge >= 0.3 is 0 Å². The van der Waals surface area contributed by atoms with Gasteiger partial charge in [0.15, 0.2) is 10.3 Å². The molecule has 108 valence electrons. The number of primary amides is 1. The van der Waals surface area contributed by atoms with Crippen LogP contribution in [0.3, 0.4) is 0 Å². The standard InChI is InChI=1S/C12H14Cl2N4O2/c13-9-5-8(10(14)18-17-9)12(20)16-7-3-1-6(2-4-7)11(15)19/h5-7H,1-4H2,(H2,15,19)(H,16,20). The molecule has 1 aromatic heterocycles. The van der Waals surface area contributed by atoms with Crippen molar-refractivity contribution in [3.63, 3.8) is 0 Å². The second kappa shape index (κ2) is 6.37. The summed E-state index contributed by atoms with van der Waals surface area (Å²) in [6, 6.07) is 1.38. The summed E-state index contributed by atoms with van der Waals surface area (Å²) in [6.07, 6.45) is 2.79. The Bertz CT molecular complexity index is 530. The van der Waals surface area contributed by atoms with Gasteiger partial charge in [-0.15, -0.1) is 10.2 Å². The monoisotopic (exact) mass is 316 g/mol. The van der Waals surface area contributed by atoms with E-state index in [1.165, 1.54) is 6.07 Å². The molecular formula is C12H14Cl2N4O2. The van der Waals surface area contributed by atoms with Crippen LogP contribution < -0.4 is 11.1 Å². The number of aromatic nitrogens is 2. The predicted molar refractivity (Wildman–Crippen MR) is 74.5 cm³/mol. The molecule has 1 heterocycles. The third-order valence-electron chi connectivity index (χ3n) is 3.43. The lowest BCUT2D eigenvalue weighted by atomic mass is 9.85. The fourth-order valence-electron chi connectivity index (χ4n) is 2.30. The summed E-state index contributed by atoms with van der Waals surface area (Å²) >= 11 is 11.5. The molecule has 1 aliphatic rings. The minimum Gasteiger partial charge on any atom is -0.369 e. The Morgan fingerprint density at radius 2 is 1.85 bits per heavy atom. The normalized spacial score (nSPS) is 22.3. The number of carbonyl (C=O) groups is 2. The van der Waals surface area contributed by atoms with Gasteiger partial charge < -0.3 is 11.1 Å². The Balaban J connectivity index is 1.96. The molecule has 0 spiro atoms. The van der Waals surface area contributed by atoms with Gasteiger partial charge in [-0.2, -0.15) is 0 Å². The number of nitrogens with two attached hydrogens (primary N) is 1. The highest BCUT2D eigenvalue weighted by molar-refractivity contribution is 6.34. The molecule has 0 saturated heterocycles. The Hall–Kier alpha value is -1.40. The van der Waals surface area contributed by atoms with Crippen LogP contribution in [0.2, 0.25) is 10.3 Å². The first-order chi connectivity index (χ1) is 9.47. The van der Waals surface area contributed by atoms with Crippen LogP contribution in [-0.2, 0) is 4.79 Å². The molecule has 20 heavy (non-hydrogen) atoms. The topological polar surface area (TPSA) is 98.0 Å². The molecule has 1 fully saturated rings. The third kappa shape index (κ3) is 3.58. The largest absolute Gasteiger partial charge is 0.369 e. The highest BCUT2D eigenvalue weighted by atomic mass is 35.5. The maximum atomic E-state index is 12.1. The highest BCUT2D eigenvalue weighted by Gasteiger charge is 2.26. The van der Waals surface area contributed by atoms with Gasteiger partial charge in [0, 0.05) is 12.0 Å². The molecule has 2 rings (SSSR count). The Labute approximate surface area is 126 Å². The van der Waals surface area contributed by atoms with Gasteiger partial charge in [0.25, 0.3) is 5.91 Å². The fourth-order valence-corrected chi connectivity index (χ4v) is 2.62. The maximum Gasteiger partial charge on any atom is 0.254 e. The van der Waals surface area contributed by atoms with Gasteiger partial charge in [-0.05, 0) is 31.7 Å². The number of halogens is 2. The van der Waals surface area contributed by atoms with Crippen LogP contribution in [-0.4, -0.2) is 28.1 Å². The second-order valence-electron chi connectivity index (χ2n) is 4.80. The molecule has 8 heteroatoms. The van der Waals surface area contributed by atoms with Gasteiger partial charge in [-0.3, -0.25) is 9.59 Å². The zero-order chi connectivity index (χ0) is 14.7. The number of nitrogens with one attached hydrogen (secondary N) is 1. The molecule has 0 aliphatic heterocycles. The molecule has 2 amide bonds. The summed E-state index contributed by atoms with van der Waals surface area (Å²) < 4.78 is 0. The van der Waals surface area contributed by atoms with Crippen molar-refractivity contribution in [3.05, 3.63) is 21.9 Å². The molecule has 3 N–H and O–H groups in total. The Morgan fingerprint density at radius 3 is 2.45 bits per heavy atom. The van der Waals surface area contributed by atoms with Gasteiger partial charge in [0.1, 0.15) is 0 Å². The molecule has 1 aliphatic carbocycles. The number of rotatable bonds is 3. The van der Waals surface area contributed by atoms with Crippen molar-refractivity contribution in [1.82, 2.24) is 15.5 Å². The maximum absolute atomic E-state index is 12.1. The molecule has 0 radical (unpaired) electrons. The van der Waals surface area contributed by atoms with Gasteiger partial charge in [-0.1, -0.05) is 23.2 Å². The van der Waals surface area contributed by atoms with Gasteiger partial charge in [0.2, 0.25) is 5.91 Å². The minimum atomic E-state index is -0.339. The lowest BCUT2D eigenvalue weighted by Crippen LogP contribution is -2.39. The van der Waals surface area contributed by atoms with Crippen molar-refractivity contribution in [1.29, 1.82) is 0 Å². The van der Waals surface area contributed by atoms with Gasteiger partial charge in [0.05, 0.1) is 5.56 Å². The third-order valence-corrected chi connectivity index (χ3v) is 3.89. The van der Waals surface area contributed by atoms with E-state index in [4.69, 9.17) is 28.9 Å². The smallest absolute Gasteiger partial charge is 0.254 e. The van der Waals surface area contributed by atoms with Crippen LogP contribution in [0, 0.1) is 5.92 Å². The van der Waals surface area contributed by atoms with E-state index in [9.17, 15) is 9.59 Å². The zero-order valence-electron chi connectivity index (χ0n) is 10.6. The van der Waals surface area contributed by atoms with E-state index in [1.54, 1.807) is 0 Å². The molecule has 1 saturated carbocycles. The van der Waals surface area contributed by atoms with Crippen LogP contribution in [0.5, 0.6) is 0 Å². The predicted octanol–water partition coefficient (Wildman–Crippen LogP) is 1.56. The first-order valence-electron chi connectivity index (χ1n) is 6.26. The average Bonchev–Trinajstić information content (AvgIpc) is 2.42. The highest BCUT2D eigenvalue weighted by Crippen LogP contribution is 2.24. The number of carbonyl (C=O) groups excluding carboxylic acids is 2. The van der Waals surface area contributed by atoms with Crippen molar-refractivity contribution >= 4 is 35.0 Å². The van der Waals surface area contributed by atoms with E-state index in [1.807, 2.05) is 0 Å². The van der Waals surface area contributed by atoms with Crippen molar-refractivity contribution in [2.45, 2.75) is 31.7 Å². The average molecular weight is 317 g/mol. The quantitative estimate of drug-likeness (QED) is 0.884. The molecule has 1 aromatic rings. The molecule has 6 nitrogen and oxygen atoms in total. The summed E-state index contributed by atoms with van der Waals surface area (Å²) in [5, 5.41) is 10.1. The summed E-state index contributed by atoms with van der Waals surface area (Å²) in [7, 11) is 0. The van der Waals surface area contributed by atoms with Crippen molar-refractivity contribution in [3.8, 4) is 0 Å². The molecule has 0 bridgehead atoms. The molecule has 0 aromatic carbocycles. The SMILES string of the molecule is NC(=O)C1CCC(NC(=O)c2cc(Cl)nnc2Cl)CC1. The number of amides is 2. The Morgan fingerprint density at radius 1 is 1.20 bits per heavy atom. The van der Waals surface area contributed by atoms with Crippen LogP contribution in [0.1, 0.15) is 36.0 Å². The second-order valence-corrected chi connectivity index (χ2v) is 5.54. The van der Waals surface area contributed by atoms with E-state index >= 15 is 0 Å². The number of hydrogen-bond acceptors (Lipinski definition) is 4. The fraction of sp³-hybridized carbons (Fsp3) is 0.500. The zero-order valence-corrected chi connectivity index (χ0v) is 12.1. The van der Waals surface area contributed by atoms with Crippen LogP contribution in [0.25, 0.3) is 0 Å². The lowest BCUT2D eigenvalue weighted by molar-refractivity contribution is -0.122. The van der Waals surface area contributed by atoms with Gasteiger partial charge in [-0.25, -0.2) is 0 Å². The summed E-state index contributed by atoms with van der Waals surface area (Å²) in [5.74, 6) is -0.707. The first kappa shape index (κ1) is 15.0. The minimum absolute atomic E-state index is 0.00103. The molecule has 0 atom stereocenters. The first-order valence-corrected chi connectivity index (χ1v) is 7.02. The van der Waals surface area contributed by atoms with E-state index in [0.29, 0.717) is 25.7 Å². The Kier molecular flexibility index (Phi) is 4.77. The van der Waals surface area contributed by atoms with Crippen molar-refractivity contribution in [2.24, 2.45) is 11.7 Å². The van der Waals surface area contributed by atoms with Crippen LogP contribution >= 0.6 is 23.2 Å². The summed E-state index contributed by atoms with van der Waals surface area (Å²) in [4.78, 5) is 23.2. The van der Waals surface area contributed by atoms with Crippen molar-refractivity contribution in [2.75, 3.05) is 0 Å². The molecular weight excluding hydrogens is 303 g/mol. The number of hydrogen-bond donors (Lipinski definition) is 2. The van der Waals surface area contributed by atoms with E-state index in [2.05, 4.69) is 15.5 Å². The lowest BCUT2D eigenvalue weighted by Gasteiger charge is -2.27.